The molecule has 12 heteroatoms. The first-order valence-electron chi connectivity index (χ1n) is 11.6. The van der Waals surface area contributed by atoms with Crippen molar-refractivity contribution in [1.29, 1.82) is 0 Å². The fraction of sp³-hybridized carbons (Fsp3) is 0.909. The van der Waals surface area contributed by atoms with E-state index in [1.165, 1.54) is 0 Å². The zero-order chi connectivity index (χ0) is 25.9. The smallest absolute Gasteiger partial charge is 0.251 e. The van der Waals surface area contributed by atoms with E-state index in [0.717, 1.165) is 0 Å². The Balaban J connectivity index is 4.28. The Morgan fingerprint density at radius 1 is 0.500 bits per heavy atom. The van der Waals surface area contributed by atoms with E-state index >= 15 is 0 Å². The van der Waals surface area contributed by atoms with Gasteiger partial charge in [0.15, 0.2) is 12.3 Å². The molecule has 0 aromatic rings. The van der Waals surface area contributed by atoms with Crippen molar-refractivity contribution in [3.63, 3.8) is 0 Å². The van der Waals surface area contributed by atoms with Crippen LogP contribution in [0.15, 0.2) is 0 Å². The van der Waals surface area contributed by atoms with Gasteiger partial charge in [-0.1, -0.05) is 51.4 Å². The molecular formula is C22H34F8O4. The van der Waals surface area contributed by atoms with Gasteiger partial charge in [-0.3, -0.25) is 8.78 Å². The molecule has 6 atom stereocenters. The van der Waals surface area contributed by atoms with Crippen LogP contribution in [0.2, 0.25) is 0 Å². The van der Waals surface area contributed by atoms with Gasteiger partial charge < -0.3 is 0 Å². The van der Waals surface area contributed by atoms with Crippen LogP contribution < -0.4 is 0 Å². The maximum Gasteiger partial charge on any atom is 0.392 e. The molecule has 0 heterocycles. The Kier molecular flexibility index (Phi) is 18.7. The van der Waals surface area contributed by atoms with Crippen molar-refractivity contribution in [2.45, 2.75) is 114 Å². The molecule has 0 bridgehead atoms. The second-order valence-corrected chi connectivity index (χ2v) is 8.02. The summed E-state index contributed by atoms with van der Waals surface area (Å²) >= 11 is 0. The molecule has 0 amide bonds. The molecule has 0 aliphatic rings. The van der Waals surface area contributed by atoms with Gasteiger partial charge in [0.1, 0.15) is 12.3 Å². The third-order valence-electron chi connectivity index (χ3n) is 5.13. The number of carbonyl (C=O) groups is 2. The van der Waals surface area contributed by atoms with Gasteiger partial charge in [0.2, 0.25) is 12.3 Å². The van der Waals surface area contributed by atoms with Crippen molar-refractivity contribution >= 4 is 11.9 Å². The summed E-state index contributed by atoms with van der Waals surface area (Å²) in [6.07, 6.45) is -13.7. The van der Waals surface area contributed by atoms with Crippen LogP contribution in [0.25, 0.3) is 0 Å². The minimum absolute atomic E-state index is 0.161. The number of hydrogen-bond donors (Lipinski definition) is 0. The summed E-state index contributed by atoms with van der Waals surface area (Å²) in [5.41, 5.74) is 0. The highest BCUT2D eigenvalue weighted by molar-refractivity contribution is 5.78. The molecule has 0 aliphatic heterocycles. The van der Waals surface area contributed by atoms with E-state index in [1.54, 1.807) is 0 Å². The molecule has 0 rings (SSSR count). The standard InChI is InChI=1S/C22H34F8O4/c23-13-9-5-1-3-7-11-15(25)17(27)19(29)21(31)33-34-22(32)20(30)18(28)16(26)12-8-4-2-6-10-14-24/h15-20H,1-14H2. The molecule has 0 aromatic carbocycles. The SMILES string of the molecule is O=C(OOC(=O)C(F)C(F)C(F)CCCCCCCF)C(F)C(F)C(F)CCCCCCCF. The highest BCUT2D eigenvalue weighted by atomic mass is 19.2. The zero-order valence-electron chi connectivity index (χ0n) is 19.0. The Morgan fingerprint density at radius 2 is 0.794 bits per heavy atom. The zero-order valence-corrected chi connectivity index (χ0v) is 19.0. The Hall–Kier alpha value is -1.62. The second kappa shape index (κ2) is 19.7. The molecule has 6 unspecified atom stereocenters. The topological polar surface area (TPSA) is 52.6 Å². The van der Waals surface area contributed by atoms with E-state index in [9.17, 15) is 44.7 Å². The van der Waals surface area contributed by atoms with Gasteiger partial charge in [-0.2, -0.15) is 0 Å². The van der Waals surface area contributed by atoms with Crippen LogP contribution in [-0.2, 0) is 19.4 Å². The van der Waals surface area contributed by atoms with Crippen molar-refractivity contribution in [2.75, 3.05) is 13.3 Å². The molecule has 0 aliphatic carbocycles. The second-order valence-electron chi connectivity index (χ2n) is 8.02. The minimum Gasteiger partial charge on any atom is -0.251 e. The summed E-state index contributed by atoms with van der Waals surface area (Å²) in [6.45, 7) is -0.969. The van der Waals surface area contributed by atoms with Crippen molar-refractivity contribution in [1.82, 2.24) is 0 Å². The number of halogens is 8. The van der Waals surface area contributed by atoms with E-state index in [4.69, 9.17) is 0 Å². The molecule has 0 saturated heterocycles. The van der Waals surface area contributed by atoms with Crippen LogP contribution in [0.3, 0.4) is 0 Å². The van der Waals surface area contributed by atoms with Crippen LogP contribution in [-0.4, -0.2) is 62.3 Å². The fourth-order valence-electron chi connectivity index (χ4n) is 3.05. The van der Waals surface area contributed by atoms with Crippen LogP contribution in [0.4, 0.5) is 35.1 Å². The highest BCUT2D eigenvalue weighted by Gasteiger charge is 2.40. The molecule has 0 saturated carbocycles. The van der Waals surface area contributed by atoms with Crippen LogP contribution in [0, 0.1) is 0 Å². The fourth-order valence-corrected chi connectivity index (χ4v) is 3.05. The van der Waals surface area contributed by atoms with Crippen LogP contribution in [0.5, 0.6) is 0 Å². The first-order valence-corrected chi connectivity index (χ1v) is 11.6. The van der Waals surface area contributed by atoms with Crippen molar-refractivity contribution in [2.24, 2.45) is 0 Å². The summed E-state index contributed by atoms with van der Waals surface area (Å²) in [5.74, 6) is -4.33. The van der Waals surface area contributed by atoms with Crippen LogP contribution >= 0.6 is 0 Å². The average molecular weight is 514 g/mol. The van der Waals surface area contributed by atoms with E-state index in [2.05, 4.69) is 9.78 Å². The normalized spacial score (nSPS) is 16.8. The van der Waals surface area contributed by atoms with Gasteiger partial charge in [0.25, 0.3) is 0 Å². The lowest BCUT2D eigenvalue weighted by atomic mass is 10.0. The van der Waals surface area contributed by atoms with E-state index < -0.39 is 75.2 Å². The van der Waals surface area contributed by atoms with Gasteiger partial charge in [-0.15, -0.1) is 0 Å². The lowest BCUT2D eigenvalue weighted by Crippen LogP contribution is -2.38. The molecule has 34 heavy (non-hydrogen) atoms. The highest BCUT2D eigenvalue weighted by Crippen LogP contribution is 2.21. The first-order chi connectivity index (χ1) is 16.2. The largest absolute Gasteiger partial charge is 0.392 e. The summed E-state index contributed by atoms with van der Waals surface area (Å²) in [7, 11) is 0. The van der Waals surface area contributed by atoms with Crippen molar-refractivity contribution in [3.05, 3.63) is 0 Å². The predicted octanol–water partition coefficient (Wildman–Crippen LogP) is 6.64. The lowest BCUT2D eigenvalue weighted by Gasteiger charge is -2.17. The van der Waals surface area contributed by atoms with Crippen molar-refractivity contribution in [3.8, 4) is 0 Å². The Bertz CT molecular complexity index is 497. The maximum atomic E-state index is 13.8. The monoisotopic (exact) mass is 514 g/mol. The molecule has 0 fully saturated rings. The van der Waals surface area contributed by atoms with Gasteiger partial charge in [0, 0.05) is 0 Å². The molecule has 0 radical (unpaired) electrons. The van der Waals surface area contributed by atoms with Gasteiger partial charge >= 0.3 is 11.9 Å². The first kappa shape index (κ1) is 32.4. The van der Waals surface area contributed by atoms with Crippen molar-refractivity contribution < 1.29 is 54.5 Å². The number of carbonyl (C=O) groups excluding carboxylic acids is 2. The Morgan fingerprint density at radius 3 is 1.12 bits per heavy atom. The Labute approximate surface area is 194 Å². The van der Waals surface area contributed by atoms with E-state index in [0.29, 0.717) is 51.4 Å². The minimum atomic E-state index is -3.19. The molecule has 0 spiro atoms. The summed E-state index contributed by atoms with van der Waals surface area (Å²) in [5, 5.41) is 0. The number of unbranched alkanes of at least 4 members (excludes halogenated alkanes) is 8. The summed E-state index contributed by atoms with van der Waals surface area (Å²) in [6, 6.07) is 0. The molecule has 4 nitrogen and oxygen atoms in total. The third kappa shape index (κ3) is 13.9. The van der Waals surface area contributed by atoms with Gasteiger partial charge in [0.05, 0.1) is 13.3 Å². The average Bonchev–Trinajstić information content (AvgIpc) is 2.84. The third-order valence-corrected chi connectivity index (χ3v) is 5.13. The molecule has 202 valence electrons. The number of rotatable bonds is 20. The van der Waals surface area contributed by atoms with E-state index in [1.807, 2.05) is 0 Å². The van der Waals surface area contributed by atoms with E-state index in [-0.39, 0.29) is 12.8 Å². The van der Waals surface area contributed by atoms with Gasteiger partial charge in [-0.25, -0.2) is 45.7 Å². The molecule has 0 aromatic heterocycles. The quantitative estimate of drug-likeness (QED) is 0.0792. The molecule has 0 N–H and O–H groups in total. The molecular weight excluding hydrogens is 480 g/mol. The summed E-state index contributed by atoms with van der Waals surface area (Å²) in [4.78, 5) is 30.0. The van der Waals surface area contributed by atoms with Crippen LogP contribution in [0.1, 0.15) is 77.0 Å². The predicted molar refractivity (Wildman–Crippen MR) is 109 cm³/mol. The van der Waals surface area contributed by atoms with Gasteiger partial charge in [-0.05, 0) is 25.7 Å². The maximum absolute atomic E-state index is 13.8. The number of alkyl halides is 8. The lowest BCUT2D eigenvalue weighted by molar-refractivity contribution is -0.269. The number of hydrogen-bond acceptors (Lipinski definition) is 4. The summed E-state index contributed by atoms with van der Waals surface area (Å²) < 4.78 is 106.